The molecule has 0 heterocycles. The maximum Gasteiger partial charge on any atom is 0.0178 e. The van der Waals surface area contributed by atoms with E-state index in [1.165, 1.54) is 41.3 Å². The normalized spacial score (nSPS) is 23.5. The predicted molar refractivity (Wildman–Crippen MR) is 85.4 cm³/mol. The van der Waals surface area contributed by atoms with E-state index < -0.39 is 0 Å². The van der Waals surface area contributed by atoms with Gasteiger partial charge in [0.1, 0.15) is 0 Å². The first-order chi connectivity index (χ1) is 9.15. The number of rotatable bonds is 5. The zero-order valence-electron chi connectivity index (χ0n) is 11.8. The van der Waals surface area contributed by atoms with Crippen molar-refractivity contribution in [2.45, 2.75) is 45.1 Å². The molecule has 1 saturated carbocycles. The molecule has 2 nitrogen and oxygen atoms in total. The second-order valence-electron chi connectivity index (χ2n) is 5.81. The molecule has 0 spiro atoms. The molecular weight excluding hydrogens is 300 g/mol. The molecule has 0 aromatic heterocycles. The van der Waals surface area contributed by atoms with Crippen LogP contribution in [0, 0.1) is 12.8 Å². The number of nitrogens with one attached hydrogen (secondary N) is 1. The molecule has 1 aromatic rings. The highest BCUT2D eigenvalue weighted by Gasteiger charge is 2.17. The summed E-state index contributed by atoms with van der Waals surface area (Å²) in [7, 11) is 0. The second kappa shape index (κ2) is 7.41. The molecule has 2 rings (SSSR count). The van der Waals surface area contributed by atoms with E-state index in [2.05, 4.69) is 46.4 Å². The number of hydrogen-bond acceptors (Lipinski definition) is 2. The quantitative estimate of drug-likeness (QED) is 0.814. The molecule has 1 aromatic carbocycles. The van der Waals surface area contributed by atoms with Crippen molar-refractivity contribution in [2.24, 2.45) is 11.7 Å². The van der Waals surface area contributed by atoms with Crippen molar-refractivity contribution in [3.05, 3.63) is 33.8 Å². The summed E-state index contributed by atoms with van der Waals surface area (Å²) in [5, 5.41) is 3.61. The van der Waals surface area contributed by atoms with E-state index in [0.29, 0.717) is 6.04 Å². The number of hydrogen-bond donors (Lipinski definition) is 2. The van der Waals surface area contributed by atoms with Crippen LogP contribution in [0.2, 0.25) is 0 Å². The van der Waals surface area contributed by atoms with Crippen LogP contribution in [-0.2, 0) is 6.42 Å². The Hall–Kier alpha value is -0.380. The molecule has 0 bridgehead atoms. The fourth-order valence-electron chi connectivity index (χ4n) is 2.83. The highest BCUT2D eigenvalue weighted by molar-refractivity contribution is 9.10. The lowest BCUT2D eigenvalue weighted by Crippen LogP contribution is -2.32. The van der Waals surface area contributed by atoms with Gasteiger partial charge in [-0.15, -0.1) is 0 Å². The molecular formula is C16H25BrN2. The topological polar surface area (TPSA) is 38.0 Å². The van der Waals surface area contributed by atoms with E-state index in [-0.39, 0.29) is 0 Å². The van der Waals surface area contributed by atoms with Crippen molar-refractivity contribution in [3.8, 4) is 0 Å². The van der Waals surface area contributed by atoms with E-state index in [1.807, 2.05) is 0 Å². The van der Waals surface area contributed by atoms with Crippen molar-refractivity contribution in [3.63, 3.8) is 0 Å². The highest BCUT2D eigenvalue weighted by atomic mass is 79.9. The van der Waals surface area contributed by atoms with Crippen molar-refractivity contribution >= 4 is 15.9 Å². The Morgan fingerprint density at radius 1 is 1.26 bits per heavy atom. The van der Waals surface area contributed by atoms with Gasteiger partial charge in [-0.05, 0) is 81.3 Å². The fourth-order valence-corrected chi connectivity index (χ4v) is 3.24. The highest BCUT2D eigenvalue weighted by Crippen LogP contribution is 2.22. The lowest BCUT2D eigenvalue weighted by atomic mass is 9.86. The molecule has 0 aliphatic heterocycles. The minimum Gasteiger partial charge on any atom is -0.328 e. The molecule has 0 unspecified atom stereocenters. The summed E-state index contributed by atoms with van der Waals surface area (Å²) in [6.07, 6.45) is 6.11. The van der Waals surface area contributed by atoms with Gasteiger partial charge in [-0.1, -0.05) is 22.0 Å². The van der Waals surface area contributed by atoms with Crippen LogP contribution in [0.3, 0.4) is 0 Å². The summed E-state index contributed by atoms with van der Waals surface area (Å²) >= 11 is 3.54. The van der Waals surface area contributed by atoms with E-state index >= 15 is 0 Å². The molecule has 1 fully saturated rings. The van der Waals surface area contributed by atoms with Crippen LogP contribution < -0.4 is 11.1 Å². The van der Waals surface area contributed by atoms with Crippen molar-refractivity contribution in [1.29, 1.82) is 0 Å². The number of nitrogens with two attached hydrogens (primary N) is 1. The van der Waals surface area contributed by atoms with Crippen LogP contribution in [0.25, 0.3) is 0 Å². The third-order valence-corrected chi connectivity index (χ3v) is 4.70. The van der Waals surface area contributed by atoms with Crippen LogP contribution in [-0.4, -0.2) is 19.1 Å². The van der Waals surface area contributed by atoms with Gasteiger partial charge in [-0.3, -0.25) is 0 Å². The van der Waals surface area contributed by atoms with Gasteiger partial charge in [0, 0.05) is 10.5 Å². The van der Waals surface area contributed by atoms with Gasteiger partial charge in [0.25, 0.3) is 0 Å². The summed E-state index contributed by atoms with van der Waals surface area (Å²) in [5.41, 5.74) is 8.75. The second-order valence-corrected chi connectivity index (χ2v) is 6.72. The van der Waals surface area contributed by atoms with Crippen molar-refractivity contribution < 1.29 is 0 Å². The molecule has 19 heavy (non-hydrogen) atoms. The molecule has 1 aliphatic carbocycles. The van der Waals surface area contributed by atoms with Crippen molar-refractivity contribution in [2.75, 3.05) is 13.1 Å². The largest absolute Gasteiger partial charge is 0.328 e. The van der Waals surface area contributed by atoms with Crippen LogP contribution in [0.15, 0.2) is 22.7 Å². The lowest BCUT2D eigenvalue weighted by molar-refractivity contribution is 0.315. The Bertz CT molecular complexity index is 398. The standard InChI is InChI=1S/C16H25BrN2/c1-12-2-5-15(17)10-14(12)8-9-19-11-13-3-6-16(18)7-4-13/h2,5,10,13,16,19H,3-4,6-9,11,18H2,1H3. The van der Waals surface area contributed by atoms with Gasteiger partial charge in [-0.25, -0.2) is 0 Å². The molecule has 0 radical (unpaired) electrons. The van der Waals surface area contributed by atoms with Crippen LogP contribution in [0.5, 0.6) is 0 Å². The zero-order valence-corrected chi connectivity index (χ0v) is 13.4. The van der Waals surface area contributed by atoms with Gasteiger partial charge in [0.05, 0.1) is 0 Å². The Morgan fingerprint density at radius 3 is 2.74 bits per heavy atom. The summed E-state index contributed by atoms with van der Waals surface area (Å²) in [6.45, 7) is 4.41. The maximum absolute atomic E-state index is 5.93. The average molecular weight is 325 g/mol. The van der Waals surface area contributed by atoms with E-state index in [9.17, 15) is 0 Å². The number of halogens is 1. The van der Waals surface area contributed by atoms with Gasteiger partial charge in [0.15, 0.2) is 0 Å². The molecule has 0 atom stereocenters. The lowest BCUT2D eigenvalue weighted by Gasteiger charge is -2.26. The predicted octanol–water partition coefficient (Wildman–Crippen LogP) is 3.41. The molecule has 3 heteroatoms. The Morgan fingerprint density at radius 2 is 2.00 bits per heavy atom. The monoisotopic (exact) mass is 324 g/mol. The molecule has 0 amide bonds. The Kier molecular flexibility index (Phi) is 5.86. The number of benzene rings is 1. The molecule has 106 valence electrons. The van der Waals surface area contributed by atoms with Crippen LogP contribution >= 0.6 is 15.9 Å². The van der Waals surface area contributed by atoms with E-state index in [0.717, 1.165) is 25.4 Å². The first-order valence-electron chi connectivity index (χ1n) is 7.36. The molecule has 1 aliphatic rings. The molecule has 0 saturated heterocycles. The average Bonchev–Trinajstić information content (AvgIpc) is 2.40. The minimum absolute atomic E-state index is 0.459. The number of aryl methyl sites for hydroxylation is 1. The third kappa shape index (κ3) is 4.90. The Labute approximate surface area is 125 Å². The smallest absolute Gasteiger partial charge is 0.0178 e. The van der Waals surface area contributed by atoms with Gasteiger partial charge in [-0.2, -0.15) is 0 Å². The SMILES string of the molecule is Cc1ccc(Br)cc1CCNCC1CCC(N)CC1. The summed E-state index contributed by atoms with van der Waals surface area (Å²) in [5.74, 6) is 0.836. The zero-order chi connectivity index (χ0) is 13.7. The maximum atomic E-state index is 5.93. The minimum atomic E-state index is 0.459. The first kappa shape index (κ1) is 15.0. The van der Waals surface area contributed by atoms with E-state index in [1.54, 1.807) is 0 Å². The van der Waals surface area contributed by atoms with Gasteiger partial charge < -0.3 is 11.1 Å². The Balaban J connectivity index is 1.68. The van der Waals surface area contributed by atoms with Crippen LogP contribution in [0.4, 0.5) is 0 Å². The third-order valence-electron chi connectivity index (χ3n) is 4.21. The van der Waals surface area contributed by atoms with Crippen LogP contribution in [0.1, 0.15) is 36.8 Å². The van der Waals surface area contributed by atoms with Gasteiger partial charge in [0.2, 0.25) is 0 Å². The van der Waals surface area contributed by atoms with Gasteiger partial charge >= 0.3 is 0 Å². The summed E-state index contributed by atoms with van der Waals surface area (Å²) < 4.78 is 1.18. The van der Waals surface area contributed by atoms with E-state index in [4.69, 9.17) is 5.73 Å². The fraction of sp³-hybridized carbons (Fsp3) is 0.625. The van der Waals surface area contributed by atoms with Crippen molar-refractivity contribution in [1.82, 2.24) is 5.32 Å². The summed E-state index contributed by atoms with van der Waals surface area (Å²) in [6, 6.07) is 6.98. The first-order valence-corrected chi connectivity index (χ1v) is 8.16. The summed E-state index contributed by atoms with van der Waals surface area (Å²) in [4.78, 5) is 0. The molecule has 3 N–H and O–H groups in total.